The lowest BCUT2D eigenvalue weighted by Crippen LogP contribution is -2.41. The molecule has 4 heteroatoms. The van der Waals surface area contributed by atoms with Gasteiger partial charge in [0.2, 0.25) is 0 Å². The highest BCUT2D eigenvalue weighted by Crippen LogP contribution is 2.14. The van der Waals surface area contributed by atoms with Crippen LogP contribution in [0.4, 0.5) is 0 Å². The Morgan fingerprint density at radius 1 is 1.53 bits per heavy atom. The minimum Gasteiger partial charge on any atom is -0.394 e. The Labute approximate surface area is 94.1 Å². The zero-order valence-corrected chi connectivity index (χ0v) is 10.1. The van der Waals surface area contributed by atoms with E-state index < -0.39 is 0 Å². The van der Waals surface area contributed by atoms with Crippen molar-refractivity contribution < 1.29 is 9.90 Å². The van der Waals surface area contributed by atoms with E-state index >= 15 is 0 Å². The maximum atomic E-state index is 11.8. The molecule has 1 amide bonds. The van der Waals surface area contributed by atoms with Crippen molar-refractivity contribution in [3.05, 3.63) is 21.9 Å². The van der Waals surface area contributed by atoms with Gasteiger partial charge in [-0.25, -0.2) is 0 Å². The number of carbonyl (C=O) groups is 1. The second kappa shape index (κ2) is 5.28. The summed E-state index contributed by atoms with van der Waals surface area (Å²) in [5, 5.41) is 15.7. The van der Waals surface area contributed by atoms with Crippen molar-refractivity contribution in [1.82, 2.24) is 5.32 Å². The predicted molar refractivity (Wildman–Crippen MR) is 62.2 cm³/mol. The smallest absolute Gasteiger partial charge is 0.252 e. The van der Waals surface area contributed by atoms with E-state index in [1.807, 2.05) is 31.5 Å². The van der Waals surface area contributed by atoms with Crippen LogP contribution in [0.1, 0.15) is 29.8 Å². The molecule has 1 rings (SSSR count). The van der Waals surface area contributed by atoms with Gasteiger partial charge in [0.15, 0.2) is 0 Å². The van der Waals surface area contributed by atoms with E-state index in [0.717, 1.165) is 5.56 Å². The van der Waals surface area contributed by atoms with Crippen LogP contribution in [0.3, 0.4) is 0 Å². The van der Waals surface area contributed by atoms with Gasteiger partial charge in [0.25, 0.3) is 5.91 Å². The SMILES string of the molecule is Cc1cscc1C(=O)NC(CO)C(C)C. The van der Waals surface area contributed by atoms with E-state index in [9.17, 15) is 4.79 Å². The lowest BCUT2D eigenvalue weighted by molar-refractivity contribution is 0.0897. The second-order valence-corrected chi connectivity index (χ2v) is 4.72. The van der Waals surface area contributed by atoms with Gasteiger partial charge in [-0.15, -0.1) is 0 Å². The van der Waals surface area contributed by atoms with Crippen molar-refractivity contribution >= 4 is 17.2 Å². The van der Waals surface area contributed by atoms with Crippen LogP contribution >= 0.6 is 11.3 Å². The normalized spacial score (nSPS) is 12.9. The van der Waals surface area contributed by atoms with E-state index in [0.29, 0.717) is 5.56 Å². The van der Waals surface area contributed by atoms with Gasteiger partial charge < -0.3 is 10.4 Å². The molecule has 0 saturated carbocycles. The summed E-state index contributed by atoms with van der Waals surface area (Å²) in [5.74, 6) is 0.138. The van der Waals surface area contributed by atoms with Crippen LogP contribution in [0, 0.1) is 12.8 Å². The first-order valence-electron chi connectivity index (χ1n) is 5.00. The fourth-order valence-electron chi connectivity index (χ4n) is 1.26. The molecular weight excluding hydrogens is 210 g/mol. The molecule has 0 aliphatic rings. The first-order chi connectivity index (χ1) is 7.06. The summed E-state index contributed by atoms with van der Waals surface area (Å²) in [7, 11) is 0. The lowest BCUT2D eigenvalue weighted by Gasteiger charge is -2.19. The van der Waals surface area contributed by atoms with Gasteiger partial charge in [0, 0.05) is 5.38 Å². The van der Waals surface area contributed by atoms with E-state index in [-0.39, 0.29) is 24.5 Å². The van der Waals surface area contributed by atoms with Gasteiger partial charge in [-0.1, -0.05) is 13.8 Å². The van der Waals surface area contributed by atoms with Crippen molar-refractivity contribution in [3.8, 4) is 0 Å². The third-order valence-electron chi connectivity index (χ3n) is 2.42. The highest BCUT2D eigenvalue weighted by Gasteiger charge is 2.17. The summed E-state index contributed by atoms with van der Waals surface area (Å²) >= 11 is 1.51. The number of nitrogens with one attached hydrogen (secondary N) is 1. The number of rotatable bonds is 4. The van der Waals surface area contributed by atoms with E-state index in [2.05, 4.69) is 5.32 Å². The molecule has 3 nitrogen and oxygen atoms in total. The quantitative estimate of drug-likeness (QED) is 0.824. The van der Waals surface area contributed by atoms with Crippen molar-refractivity contribution in [3.63, 3.8) is 0 Å². The van der Waals surface area contributed by atoms with Crippen molar-refractivity contribution in [2.24, 2.45) is 5.92 Å². The largest absolute Gasteiger partial charge is 0.394 e. The first-order valence-corrected chi connectivity index (χ1v) is 5.95. The van der Waals surface area contributed by atoms with Crippen LogP contribution in [0.15, 0.2) is 10.8 Å². The minimum atomic E-state index is -0.170. The van der Waals surface area contributed by atoms with E-state index in [1.165, 1.54) is 11.3 Å². The standard InChI is InChI=1S/C11H17NO2S/c1-7(2)10(4-13)12-11(14)9-6-15-5-8(9)3/h5-7,10,13H,4H2,1-3H3,(H,12,14). The number of carbonyl (C=O) groups excluding carboxylic acids is 1. The van der Waals surface area contributed by atoms with Crippen molar-refractivity contribution in [1.29, 1.82) is 0 Å². The van der Waals surface area contributed by atoms with Gasteiger partial charge in [0.1, 0.15) is 0 Å². The zero-order valence-electron chi connectivity index (χ0n) is 9.28. The third kappa shape index (κ3) is 3.04. The van der Waals surface area contributed by atoms with Gasteiger partial charge in [-0.3, -0.25) is 4.79 Å². The zero-order chi connectivity index (χ0) is 11.4. The molecule has 15 heavy (non-hydrogen) atoms. The van der Waals surface area contributed by atoms with Crippen molar-refractivity contribution in [2.75, 3.05) is 6.61 Å². The molecule has 0 saturated heterocycles. The van der Waals surface area contributed by atoms with Crippen LogP contribution in [-0.4, -0.2) is 23.7 Å². The Bertz CT molecular complexity index is 333. The number of aliphatic hydroxyl groups excluding tert-OH is 1. The molecule has 2 N–H and O–H groups in total. The maximum absolute atomic E-state index is 11.8. The van der Waals surface area contributed by atoms with Crippen LogP contribution in [0.2, 0.25) is 0 Å². The lowest BCUT2D eigenvalue weighted by atomic mass is 10.0. The molecule has 1 aromatic heterocycles. The maximum Gasteiger partial charge on any atom is 0.252 e. The number of aryl methyl sites for hydroxylation is 1. The number of hydrogen-bond donors (Lipinski definition) is 2. The minimum absolute atomic E-state index is 0.0212. The highest BCUT2D eigenvalue weighted by molar-refractivity contribution is 7.08. The monoisotopic (exact) mass is 227 g/mol. The Morgan fingerprint density at radius 2 is 2.20 bits per heavy atom. The Morgan fingerprint density at radius 3 is 2.60 bits per heavy atom. The summed E-state index contributed by atoms with van der Waals surface area (Å²) in [6, 6.07) is -0.170. The van der Waals surface area contributed by atoms with Crippen LogP contribution in [0.5, 0.6) is 0 Å². The molecule has 1 unspecified atom stereocenters. The molecular formula is C11H17NO2S. The molecule has 0 fully saturated rings. The molecule has 0 aliphatic heterocycles. The van der Waals surface area contributed by atoms with Gasteiger partial charge in [-0.2, -0.15) is 11.3 Å². The average Bonchev–Trinajstić information content (AvgIpc) is 2.60. The Hall–Kier alpha value is -0.870. The first kappa shape index (κ1) is 12.2. The molecule has 0 spiro atoms. The molecule has 1 atom stereocenters. The average molecular weight is 227 g/mol. The summed E-state index contributed by atoms with van der Waals surface area (Å²) in [4.78, 5) is 11.8. The molecule has 1 heterocycles. The van der Waals surface area contributed by atoms with Crippen LogP contribution in [0.25, 0.3) is 0 Å². The number of amides is 1. The molecule has 0 bridgehead atoms. The van der Waals surface area contributed by atoms with Crippen LogP contribution < -0.4 is 5.32 Å². The van der Waals surface area contributed by atoms with Gasteiger partial charge in [-0.05, 0) is 23.8 Å². The molecule has 0 radical (unpaired) electrons. The molecule has 0 aromatic carbocycles. The Balaban J connectivity index is 2.67. The highest BCUT2D eigenvalue weighted by atomic mass is 32.1. The topological polar surface area (TPSA) is 49.3 Å². The van der Waals surface area contributed by atoms with Gasteiger partial charge in [0.05, 0.1) is 18.2 Å². The summed E-state index contributed by atoms with van der Waals surface area (Å²) in [6.07, 6.45) is 0. The van der Waals surface area contributed by atoms with Gasteiger partial charge >= 0.3 is 0 Å². The van der Waals surface area contributed by atoms with E-state index in [1.54, 1.807) is 0 Å². The summed E-state index contributed by atoms with van der Waals surface area (Å²) in [5.41, 5.74) is 1.69. The number of hydrogen-bond acceptors (Lipinski definition) is 3. The Kier molecular flexibility index (Phi) is 4.29. The molecule has 1 aromatic rings. The van der Waals surface area contributed by atoms with E-state index in [4.69, 9.17) is 5.11 Å². The molecule has 0 aliphatic carbocycles. The summed E-state index contributed by atoms with van der Waals surface area (Å²) < 4.78 is 0. The predicted octanol–water partition coefficient (Wildman–Crippen LogP) is 1.80. The third-order valence-corrected chi connectivity index (χ3v) is 3.28. The number of thiophene rings is 1. The number of aliphatic hydroxyl groups is 1. The second-order valence-electron chi connectivity index (χ2n) is 3.98. The van der Waals surface area contributed by atoms with Crippen molar-refractivity contribution in [2.45, 2.75) is 26.8 Å². The summed E-state index contributed by atoms with van der Waals surface area (Å²) in [6.45, 7) is 5.84. The fourth-order valence-corrected chi connectivity index (χ4v) is 2.09. The molecule has 84 valence electrons. The fraction of sp³-hybridized carbons (Fsp3) is 0.545. The van der Waals surface area contributed by atoms with Crippen LogP contribution in [-0.2, 0) is 0 Å².